The van der Waals surface area contributed by atoms with Gasteiger partial charge < -0.3 is 10.1 Å². The lowest BCUT2D eigenvalue weighted by Crippen LogP contribution is -2.12. The number of anilines is 1. The quantitative estimate of drug-likeness (QED) is 0.758. The molecule has 0 saturated carbocycles. The molecule has 7 heteroatoms. The van der Waals surface area contributed by atoms with Crippen molar-refractivity contribution in [3.63, 3.8) is 0 Å². The fourth-order valence-corrected chi connectivity index (χ4v) is 2.78. The van der Waals surface area contributed by atoms with Crippen molar-refractivity contribution in [2.24, 2.45) is 0 Å². The van der Waals surface area contributed by atoms with Gasteiger partial charge in [-0.05, 0) is 42.0 Å². The summed E-state index contributed by atoms with van der Waals surface area (Å²) in [4.78, 5) is 20.8. The maximum atomic E-state index is 12.2. The van der Waals surface area contributed by atoms with Crippen molar-refractivity contribution < 1.29 is 9.53 Å². The lowest BCUT2D eigenvalue weighted by Gasteiger charge is -2.11. The number of aromatic nitrogens is 2. The Bertz CT molecular complexity index is 808. The minimum atomic E-state index is -0.269. The highest BCUT2D eigenvalue weighted by Crippen LogP contribution is 2.25. The van der Waals surface area contributed by atoms with Gasteiger partial charge in [-0.3, -0.25) is 9.78 Å². The van der Waals surface area contributed by atoms with Crippen LogP contribution in [0.3, 0.4) is 0 Å². The highest BCUT2D eigenvalue weighted by molar-refractivity contribution is 7.18. The standard InChI is InChI=1S/C16H12ClN3O2S/c17-14-4-3-13(23-14)16(21)20-15-12(2-1-7-19-15)22-10-11-5-8-18-9-6-11/h1-9H,10H2,(H,19,20,21). The van der Waals surface area contributed by atoms with E-state index in [1.165, 1.54) is 11.3 Å². The van der Waals surface area contributed by atoms with E-state index in [9.17, 15) is 4.79 Å². The number of pyridine rings is 2. The SMILES string of the molecule is O=C(Nc1ncccc1OCc1ccncc1)c1ccc(Cl)s1. The Morgan fingerprint density at radius 3 is 2.74 bits per heavy atom. The van der Waals surface area contributed by atoms with Crippen molar-refractivity contribution in [3.05, 3.63) is 69.8 Å². The number of amides is 1. The third-order valence-corrected chi connectivity index (χ3v) is 4.17. The molecule has 3 rings (SSSR count). The molecule has 0 radical (unpaired) electrons. The van der Waals surface area contributed by atoms with Crippen LogP contribution >= 0.6 is 22.9 Å². The number of thiophene rings is 1. The third kappa shape index (κ3) is 4.06. The lowest BCUT2D eigenvalue weighted by atomic mass is 10.3. The summed E-state index contributed by atoms with van der Waals surface area (Å²) in [5, 5.41) is 2.74. The number of carbonyl (C=O) groups excluding carboxylic acids is 1. The van der Waals surface area contributed by atoms with E-state index in [2.05, 4.69) is 15.3 Å². The Hall–Kier alpha value is -2.44. The summed E-state index contributed by atoms with van der Waals surface area (Å²) in [7, 11) is 0. The van der Waals surface area contributed by atoms with Gasteiger partial charge in [0.2, 0.25) is 0 Å². The Morgan fingerprint density at radius 2 is 2.00 bits per heavy atom. The zero-order valence-electron chi connectivity index (χ0n) is 11.9. The molecule has 1 amide bonds. The molecule has 0 saturated heterocycles. The molecule has 3 heterocycles. The number of hydrogen-bond donors (Lipinski definition) is 1. The smallest absolute Gasteiger partial charge is 0.267 e. The molecule has 0 bridgehead atoms. The molecule has 0 aliphatic rings. The molecule has 3 aromatic rings. The topological polar surface area (TPSA) is 64.1 Å². The van der Waals surface area contributed by atoms with Crippen LogP contribution < -0.4 is 10.1 Å². The van der Waals surface area contributed by atoms with Gasteiger partial charge in [-0.25, -0.2) is 4.98 Å². The lowest BCUT2D eigenvalue weighted by molar-refractivity contribution is 0.102. The van der Waals surface area contributed by atoms with E-state index in [-0.39, 0.29) is 5.91 Å². The summed E-state index contributed by atoms with van der Waals surface area (Å²) in [5.41, 5.74) is 0.978. The van der Waals surface area contributed by atoms with Crippen molar-refractivity contribution >= 4 is 34.7 Å². The largest absolute Gasteiger partial charge is 0.485 e. The van der Waals surface area contributed by atoms with Gasteiger partial charge in [0, 0.05) is 18.6 Å². The molecule has 0 fully saturated rings. The van der Waals surface area contributed by atoms with E-state index in [0.29, 0.717) is 27.4 Å². The second-order valence-corrected chi connectivity index (χ2v) is 6.27. The predicted molar refractivity (Wildman–Crippen MR) is 90.1 cm³/mol. The highest BCUT2D eigenvalue weighted by Gasteiger charge is 2.13. The van der Waals surface area contributed by atoms with Crippen molar-refractivity contribution in [2.75, 3.05) is 5.32 Å². The number of rotatable bonds is 5. The van der Waals surface area contributed by atoms with Crippen LogP contribution in [0.5, 0.6) is 5.75 Å². The molecule has 0 aromatic carbocycles. The van der Waals surface area contributed by atoms with Crippen molar-refractivity contribution in [1.82, 2.24) is 9.97 Å². The molecule has 3 aromatic heterocycles. The van der Waals surface area contributed by atoms with Gasteiger partial charge >= 0.3 is 0 Å². The van der Waals surface area contributed by atoms with E-state index in [4.69, 9.17) is 16.3 Å². The summed E-state index contributed by atoms with van der Waals surface area (Å²) in [6, 6.07) is 10.6. The first-order chi connectivity index (χ1) is 11.2. The van der Waals surface area contributed by atoms with Gasteiger partial charge in [-0.15, -0.1) is 11.3 Å². The summed E-state index contributed by atoms with van der Waals surface area (Å²) < 4.78 is 6.30. The van der Waals surface area contributed by atoms with Gasteiger partial charge in [0.05, 0.1) is 9.21 Å². The number of hydrogen-bond acceptors (Lipinski definition) is 5. The van der Waals surface area contributed by atoms with E-state index in [0.717, 1.165) is 5.56 Å². The van der Waals surface area contributed by atoms with E-state index >= 15 is 0 Å². The van der Waals surface area contributed by atoms with Gasteiger partial charge in [0.25, 0.3) is 5.91 Å². The molecule has 5 nitrogen and oxygen atoms in total. The molecule has 0 aliphatic heterocycles. The monoisotopic (exact) mass is 345 g/mol. The van der Waals surface area contributed by atoms with Crippen LogP contribution in [0.4, 0.5) is 5.82 Å². The Morgan fingerprint density at radius 1 is 1.17 bits per heavy atom. The van der Waals surface area contributed by atoms with Crippen LogP contribution in [-0.2, 0) is 6.61 Å². The Kier molecular flexibility index (Phi) is 4.85. The van der Waals surface area contributed by atoms with Crippen molar-refractivity contribution in [2.45, 2.75) is 6.61 Å². The first kappa shape index (κ1) is 15.5. The Labute approximate surface area is 141 Å². The zero-order valence-corrected chi connectivity index (χ0v) is 13.5. The van der Waals surface area contributed by atoms with E-state index < -0.39 is 0 Å². The second kappa shape index (κ2) is 7.21. The third-order valence-electron chi connectivity index (χ3n) is 2.94. The molecule has 0 spiro atoms. The van der Waals surface area contributed by atoms with Crippen LogP contribution in [0, 0.1) is 0 Å². The van der Waals surface area contributed by atoms with Gasteiger partial charge in [0.1, 0.15) is 6.61 Å². The average molecular weight is 346 g/mol. The molecule has 0 unspecified atom stereocenters. The van der Waals surface area contributed by atoms with Crippen molar-refractivity contribution in [1.29, 1.82) is 0 Å². The van der Waals surface area contributed by atoms with Crippen LogP contribution in [0.2, 0.25) is 4.34 Å². The fourth-order valence-electron chi connectivity index (χ4n) is 1.85. The van der Waals surface area contributed by atoms with Crippen LogP contribution in [0.15, 0.2) is 55.0 Å². The summed E-state index contributed by atoms with van der Waals surface area (Å²) in [5.74, 6) is 0.603. The van der Waals surface area contributed by atoms with Crippen LogP contribution in [0.25, 0.3) is 0 Å². The predicted octanol–water partition coefficient (Wildman–Crippen LogP) is 4.02. The van der Waals surface area contributed by atoms with Gasteiger partial charge in [-0.2, -0.15) is 0 Å². The maximum Gasteiger partial charge on any atom is 0.267 e. The number of carbonyl (C=O) groups is 1. The molecule has 23 heavy (non-hydrogen) atoms. The highest BCUT2D eigenvalue weighted by atomic mass is 35.5. The molecular formula is C16H12ClN3O2S. The minimum absolute atomic E-state index is 0.269. The molecule has 0 aliphatic carbocycles. The Balaban J connectivity index is 1.71. The van der Waals surface area contributed by atoms with E-state index in [1.807, 2.05) is 12.1 Å². The molecule has 0 atom stereocenters. The second-order valence-electron chi connectivity index (χ2n) is 4.55. The van der Waals surface area contributed by atoms with Crippen molar-refractivity contribution in [3.8, 4) is 5.75 Å². The zero-order chi connectivity index (χ0) is 16.1. The number of halogens is 1. The molecular weight excluding hydrogens is 334 g/mol. The van der Waals surface area contributed by atoms with E-state index in [1.54, 1.807) is 42.9 Å². The average Bonchev–Trinajstić information content (AvgIpc) is 3.02. The first-order valence-corrected chi connectivity index (χ1v) is 7.95. The maximum absolute atomic E-state index is 12.2. The van der Waals surface area contributed by atoms with Gasteiger partial charge in [-0.1, -0.05) is 11.6 Å². The minimum Gasteiger partial charge on any atom is -0.485 e. The molecule has 116 valence electrons. The summed E-state index contributed by atoms with van der Waals surface area (Å²) in [6.45, 7) is 0.363. The summed E-state index contributed by atoms with van der Waals surface area (Å²) >= 11 is 7.06. The number of ether oxygens (including phenoxy) is 1. The fraction of sp³-hybridized carbons (Fsp3) is 0.0625. The van der Waals surface area contributed by atoms with Crippen LogP contribution in [0.1, 0.15) is 15.2 Å². The summed E-state index contributed by atoms with van der Waals surface area (Å²) in [6.07, 6.45) is 4.99. The van der Waals surface area contributed by atoms with Crippen LogP contribution in [-0.4, -0.2) is 15.9 Å². The van der Waals surface area contributed by atoms with Gasteiger partial charge in [0.15, 0.2) is 11.6 Å². The normalized spacial score (nSPS) is 10.3. The first-order valence-electron chi connectivity index (χ1n) is 6.76. The number of nitrogens with one attached hydrogen (secondary N) is 1. The molecule has 1 N–H and O–H groups in total. The number of nitrogens with zero attached hydrogens (tertiary/aromatic N) is 2.